The van der Waals surface area contributed by atoms with Gasteiger partial charge in [0.15, 0.2) is 5.84 Å². The van der Waals surface area contributed by atoms with Crippen LogP contribution in [-0.2, 0) is 0 Å². The second kappa shape index (κ2) is 5.90. The van der Waals surface area contributed by atoms with Gasteiger partial charge in [0.1, 0.15) is 5.75 Å². The van der Waals surface area contributed by atoms with Gasteiger partial charge in [-0.25, -0.2) is 0 Å². The maximum Gasteiger partial charge on any atom is 0.252 e. The van der Waals surface area contributed by atoms with Crippen LogP contribution in [0.5, 0.6) is 5.75 Å². The highest BCUT2D eigenvalue weighted by Crippen LogP contribution is 2.11. The average molecular weight is 251 g/mol. The Balaban J connectivity index is 2.85. The molecular formula is C12H17N3O3. The van der Waals surface area contributed by atoms with Crippen molar-refractivity contribution in [2.75, 3.05) is 0 Å². The van der Waals surface area contributed by atoms with E-state index in [-0.39, 0.29) is 17.5 Å². The molecule has 0 saturated carbocycles. The Morgan fingerprint density at radius 2 is 2.11 bits per heavy atom. The van der Waals surface area contributed by atoms with Crippen LogP contribution in [0.15, 0.2) is 29.4 Å². The Bertz CT molecular complexity index is 458. The van der Waals surface area contributed by atoms with E-state index in [0.29, 0.717) is 5.56 Å². The van der Waals surface area contributed by atoms with Crippen molar-refractivity contribution in [2.24, 2.45) is 16.8 Å². The summed E-state index contributed by atoms with van der Waals surface area (Å²) in [4.78, 5) is 11.9. The zero-order valence-corrected chi connectivity index (χ0v) is 10.3. The average Bonchev–Trinajstić information content (AvgIpc) is 2.34. The van der Waals surface area contributed by atoms with E-state index in [9.17, 15) is 9.90 Å². The highest BCUT2D eigenvalue weighted by Gasteiger charge is 2.21. The number of carbonyl (C=O) groups excluding carboxylic acids is 1. The second-order valence-electron chi connectivity index (χ2n) is 4.27. The lowest BCUT2D eigenvalue weighted by Crippen LogP contribution is -2.47. The highest BCUT2D eigenvalue weighted by atomic mass is 16.4. The fourth-order valence-corrected chi connectivity index (χ4v) is 1.52. The third kappa shape index (κ3) is 3.38. The van der Waals surface area contributed by atoms with Crippen LogP contribution in [-0.4, -0.2) is 28.1 Å². The molecule has 1 aromatic carbocycles. The van der Waals surface area contributed by atoms with Crippen molar-refractivity contribution in [2.45, 2.75) is 19.9 Å². The largest absolute Gasteiger partial charge is 0.508 e. The summed E-state index contributed by atoms with van der Waals surface area (Å²) >= 11 is 0. The minimum Gasteiger partial charge on any atom is -0.508 e. The number of benzene rings is 1. The summed E-state index contributed by atoms with van der Waals surface area (Å²) in [6, 6.07) is 5.39. The first kappa shape index (κ1) is 13.8. The quantitative estimate of drug-likeness (QED) is 0.276. The number of nitrogens with zero attached hydrogens (tertiary/aromatic N) is 1. The molecule has 0 aromatic heterocycles. The van der Waals surface area contributed by atoms with Gasteiger partial charge in [-0.05, 0) is 24.1 Å². The number of nitrogens with two attached hydrogens (primary N) is 1. The summed E-state index contributed by atoms with van der Waals surface area (Å²) in [7, 11) is 0. The van der Waals surface area contributed by atoms with E-state index >= 15 is 0 Å². The van der Waals surface area contributed by atoms with Crippen LogP contribution in [0.3, 0.4) is 0 Å². The molecule has 1 atom stereocenters. The normalized spacial score (nSPS) is 13.4. The number of nitrogens with one attached hydrogen (secondary N) is 1. The predicted octanol–water partition coefficient (Wildman–Crippen LogP) is 0.893. The number of aromatic hydroxyl groups is 1. The number of phenols is 1. The summed E-state index contributed by atoms with van der Waals surface area (Å²) in [5.74, 6) is -0.468. The van der Waals surface area contributed by atoms with E-state index < -0.39 is 11.9 Å². The minimum absolute atomic E-state index is 0.00699. The topological polar surface area (TPSA) is 108 Å². The van der Waals surface area contributed by atoms with Crippen molar-refractivity contribution >= 4 is 11.7 Å². The Morgan fingerprint density at radius 3 is 2.61 bits per heavy atom. The number of amidine groups is 1. The van der Waals surface area contributed by atoms with Crippen LogP contribution in [0.2, 0.25) is 0 Å². The molecule has 5 N–H and O–H groups in total. The molecule has 0 bridgehead atoms. The van der Waals surface area contributed by atoms with E-state index in [0.717, 1.165) is 0 Å². The number of hydrogen-bond acceptors (Lipinski definition) is 4. The molecule has 1 aromatic rings. The van der Waals surface area contributed by atoms with Crippen molar-refractivity contribution in [3.05, 3.63) is 29.8 Å². The minimum atomic E-state index is -0.565. The van der Waals surface area contributed by atoms with Gasteiger partial charge in [0.05, 0.1) is 6.04 Å². The fraction of sp³-hybridized carbons (Fsp3) is 0.333. The number of carbonyl (C=O) groups is 1. The Labute approximate surface area is 105 Å². The van der Waals surface area contributed by atoms with Crippen molar-refractivity contribution in [3.63, 3.8) is 0 Å². The van der Waals surface area contributed by atoms with Gasteiger partial charge >= 0.3 is 0 Å². The Morgan fingerprint density at radius 1 is 1.44 bits per heavy atom. The maximum absolute atomic E-state index is 11.9. The van der Waals surface area contributed by atoms with Crippen molar-refractivity contribution < 1.29 is 15.1 Å². The third-order valence-electron chi connectivity index (χ3n) is 2.50. The number of amides is 1. The molecule has 0 aliphatic heterocycles. The number of rotatable bonds is 4. The van der Waals surface area contributed by atoms with Crippen molar-refractivity contribution in [1.82, 2.24) is 5.32 Å². The maximum atomic E-state index is 11.9. The van der Waals surface area contributed by atoms with Crippen LogP contribution < -0.4 is 11.1 Å². The highest BCUT2D eigenvalue weighted by molar-refractivity contribution is 5.98. The molecule has 0 heterocycles. The molecule has 0 spiro atoms. The van der Waals surface area contributed by atoms with E-state index in [2.05, 4.69) is 10.5 Å². The molecule has 1 rings (SSSR count). The van der Waals surface area contributed by atoms with Crippen LogP contribution in [0, 0.1) is 5.92 Å². The van der Waals surface area contributed by atoms with Crippen LogP contribution in [0.1, 0.15) is 24.2 Å². The molecule has 0 aliphatic carbocycles. The van der Waals surface area contributed by atoms with Gasteiger partial charge in [-0.15, -0.1) is 0 Å². The number of hydrogen-bond donors (Lipinski definition) is 4. The standard InChI is InChI=1S/C12H17N3O3/c1-7(2)10(11(13)15-18)14-12(17)8-4-3-5-9(16)6-8/h3-7,10,16,18H,1-2H3,(H2,13,15)(H,14,17). The Hall–Kier alpha value is -2.24. The van der Waals surface area contributed by atoms with Crippen molar-refractivity contribution in [3.8, 4) is 5.75 Å². The van der Waals surface area contributed by atoms with Crippen LogP contribution in [0.4, 0.5) is 0 Å². The monoisotopic (exact) mass is 251 g/mol. The molecule has 6 nitrogen and oxygen atoms in total. The summed E-state index contributed by atoms with van der Waals surface area (Å²) in [5.41, 5.74) is 5.82. The smallest absolute Gasteiger partial charge is 0.252 e. The van der Waals surface area contributed by atoms with Gasteiger partial charge in [0.2, 0.25) is 0 Å². The molecule has 98 valence electrons. The van der Waals surface area contributed by atoms with Crippen molar-refractivity contribution in [1.29, 1.82) is 0 Å². The van der Waals surface area contributed by atoms with Crippen LogP contribution >= 0.6 is 0 Å². The van der Waals surface area contributed by atoms with Crippen LogP contribution in [0.25, 0.3) is 0 Å². The van der Waals surface area contributed by atoms with E-state index in [1.165, 1.54) is 12.1 Å². The lowest BCUT2D eigenvalue weighted by atomic mass is 10.0. The predicted molar refractivity (Wildman–Crippen MR) is 67.6 cm³/mol. The molecule has 18 heavy (non-hydrogen) atoms. The van der Waals surface area contributed by atoms with Gasteiger partial charge < -0.3 is 21.4 Å². The fourth-order valence-electron chi connectivity index (χ4n) is 1.52. The first-order valence-electron chi connectivity index (χ1n) is 5.53. The SMILES string of the molecule is CC(C)C(NC(=O)c1cccc(O)c1)C(N)=NO. The molecule has 6 heteroatoms. The van der Waals surface area contributed by atoms with Gasteiger partial charge in [0, 0.05) is 5.56 Å². The molecule has 0 radical (unpaired) electrons. The number of oxime groups is 1. The first-order valence-corrected chi connectivity index (χ1v) is 5.53. The zero-order valence-electron chi connectivity index (χ0n) is 10.3. The summed E-state index contributed by atoms with van der Waals surface area (Å²) in [5, 5.41) is 23.5. The molecule has 1 amide bonds. The molecule has 0 aliphatic rings. The summed E-state index contributed by atoms with van der Waals surface area (Å²) in [6.07, 6.45) is 0. The van der Waals surface area contributed by atoms with E-state index in [4.69, 9.17) is 10.9 Å². The lowest BCUT2D eigenvalue weighted by Gasteiger charge is -2.20. The summed E-state index contributed by atoms with van der Waals surface area (Å²) < 4.78 is 0. The Kier molecular flexibility index (Phi) is 4.53. The molecule has 1 unspecified atom stereocenters. The van der Waals surface area contributed by atoms with Gasteiger partial charge in [0.25, 0.3) is 5.91 Å². The lowest BCUT2D eigenvalue weighted by molar-refractivity contribution is 0.0938. The van der Waals surface area contributed by atoms with E-state index in [1.54, 1.807) is 12.1 Å². The second-order valence-corrected chi connectivity index (χ2v) is 4.27. The van der Waals surface area contributed by atoms with Gasteiger partial charge in [-0.2, -0.15) is 0 Å². The zero-order chi connectivity index (χ0) is 13.7. The number of phenolic OH excluding ortho intramolecular Hbond substituents is 1. The molecule has 0 saturated heterocycles. The first-order chi connectivity index (χ1) is 8.45. The van der Waals surface area contributed by atoms with Gasteiger partial charge in [-0.3, -0.25) is 4.79 Å². The van der Waals surface area contributed by atoms with E-state index in [1.807, 2.05) is 13.8 Å². The summed E-state index contributed by atoms with van der Waals surface area (Å²) in [6.45, 7) is 3.68. The van der Waals surface area contributed by atoms with Gasteiger partial charge in [-0.1, -0.05) is 25.1 Å². The third-order valence-corrected chi connectivity index (χ3v) is 2.50. The molecule has 0 fully saturated rings. The molecular weight excluding hydrogens is 234 g/mol.